The maximum Gasteiger partial charge on any atom is 0.276 e. The molecule has 1 aromatic carbocycles. The summed E-state index contributed by atoms with van der Waals surface area (Å²) in [5, 5.41) is 9.50. The fourth-order valence-electron chi connectivity index (χ4n) is 2.07. The molecule has 0 saturated heterocycles. The summed E-state index contributed by atoms with van der Waals surface area (Å²) in [6.07, 6.45) is -1.81. The maximum absolute atomic E-state index is 13.2. The lowest BCUT2D eigenvalue weighted by Gasteiger charge is -2.34. The summed E-state index contributed by atoms with van der Waals surface area (Å²) in [4.78, 5) is 0. The van der Waals surface area contributed by atoms with E-state index in [1.54, 1.807) is 0 Å². The zero-order valence-electron chi connectivity index (χ0n) is 9.48. The molecule has 2 rings (SSSR count). The van der Waals surface area contributed by atoms with Crippen molar-refractivity contribution in [1.82, 2.24) is 0 Å². The lowest BCUT2D eigenvalue weighted by Crippen LogP contribution is -2.47. The molecule has 1 aromatic rings. The van der Waals surface area contributed by atoms with Gasteiger partial charge in [0.15, 0.2) is 0 Å². The third-order valence-electron chi connectivity index (χ3n) is 3.09. The molecule has 2 nitrogen and oxygen atoms in total. The van der Waals surface area contributed by atoms with Crippen molar-refractivity contribution in [1.29, 1.82) is 0 Å². The van der Waals surface area contributed by atoms with Crippen molar-refractivity contribution in [2.45, 2.75) is 44.0 Å². The molecule has 0 amide bonds. The molecule has 1 aliphatic rings. The number of benzene rings is 1. The second-order valence-corrected chi connectivity index (χ2v) is 4.43. The molecule has 1 aliphatic carbocycles. The second-order valence-electron chi connectivity index (χ2n) is 4.43. The van der Waals surface area contributed by atoms with Gasteiger partial charge in [-0.2, -0.15) is 0 Å². The summed E-state index contributed by atoms with van der Waals surface area (Å²) in [6, 6.07) is 9.35. The minimum atomic E-state index is -3.01. The Labute approximate surface area is 99.2 Å². The first-order chi connectivity index (χ1) is 8.09. The van der Waals surface area contributed by atoms with Gasteiger partial charge >= 0.3 is 0 Å². The zero-order valence-corrected chi connectivity index (χ0v) is 9.48. The second kappa shape index (κ2) is 5.10. The van der Waals surface area contributed by atoms with Crippen LogP contribution in [-0.4, -0.2) is 23.2 Å². The molecule has 0 radical (unpaired) electrons. The van der Waals surface area contributed by atoms with Gasteiger partial charge in [-0.05, 0) is 18.4 Å². The van der Waals surface area contributed by atoms with E-state index in [1.165, 1.54) is 0 Å². The average molecular weight is 242 g/mol. The van der Waals surface area contributed by atoms with E-state index in [0.717, 1.165) is 5.56 Å². The Morgan fingerprint density at radius 2 is 2.00 bits per heavy atom. The summed E-state index contributed by atoms with van der Waals surface area (Å²) in [5.41, 5.74) is 0.925. The molecule has 94 valence electrons. The van der Waals surface area contributed by atoms with Gasteiger partial charge in [0.1, 0.15) is 6.10 Å². The van der Waals surface area contributed by atoms with E-state index < -0.39 is 18.1 Å². The van der Waals surface area contributed by atoms with Crippen LogP contribution in [0, 0.1) is 0 Å². The molecule has 0 heterocycles. The highest BCUT2D eigenvalue weighted by Crippen LogP contribution is 2.35. The van der Waals surface area contributed by atoms with Gasteiger partial charge in [0.2, 0.25) is 0 Å². The van der Waals surface area contributed by atoms with E-state index in [0.29, 0.717) is 12.8 Å². The van der Waals surface area contributed by atoms with Crippen molar-refractivity contribution in [3.8, 4) is 0 Å². The summed E-state index contributed by atoms with van der Waals surface area (Å²) >= 11 is 0. The van der Waals surface area contributed by atoms with E-state index in [-0.39, 0.29) is 13.0 Å². The molecule has 4 heteroatoms. The van der Waals surface area contributed by atoms with Crippen LogP contribution in [0.2, 0.25) is 0 Å². The van der Waals surface area contributed by atoms with Gasteiger partial charge in [-0.15, -0.1) is 0 Å². The first kappa shape index (κ1) is 12.5. The number of hydrogen-bond donors (Lipinski definition) is 1. The van der Waals surface area contributed by atoms with E-state index >= 15 is 0 Å². The smallest absolute Gasteiger partial charge is 0.276 e. The normalized spacial score (nSPS) is 27.9. The van der Waals surface area contributed by atoms with Gasteiger partial charge in [-0.25, -0.2) is 8.78 Å². The topological polar surface area (TPSA) is 29.5 Å². The van der Waals surface area contributed by atoms with E-state index in [9.17, 15) is 13.9 Å². The van der Waals surface area contributed by atoms with Crippen LogP contribution in [0.1, 0.15) is 24.8 Å². The number of hydrogen-bond acceptors (Lipinski definition) is 2. The highest BCUT2D eigenvalue weighted by Gasteiger charge is 2.46. The third kappa shape index (κ3) is 3.01. The van der Waals surface area contributed by atoms with Crippen LogP contribution in [0.15, 0.2) is 30.3 Å². The van der Waals surface area contributed by atoms with Crippen molar-refractivity contribution >= 4 is 0 Å². The first-order valence-electron chi connectivity index (χ1n) is 5.81. The van der Waals surface area contributed by atoms with Crippen molar-refractivity contribution in [3.05, 3.63) is 35.9 Å². The van der Waals surface area contributed by atoms with Gasteiger partial charge in [-0.3, -0.25) is 0 Å². The van der Waals surface area contributed by atoms with E-state index in [4.69, 9.17) is 4.74 Å². The van der Waals surface area contributed by atoms with Crippen LogP contribution in [0.3, 0.4) is 0 Å². The highest BCUT2D eigenvalue weighted by atomic mass is 19.3. The van der Waals surface area contributed by atoms with Crippen molar-refractivity contribution < 1.29 is 18.6 Å². The summed E-state index contributed by atoms with van der Waals surface area (Å²) < 4.78 is 31.9. The Hall–Kier alpha value is -1.00. The Morgan fingerprint density at radius 1 is 1.29 bits per heavy atom. The lowest BCUT2D eigenvalue weighted by atomic mass is 9.91. The summed E-state index contributed by atoms with van der Waals surface area (Å²) in [5.74, 6) is -3.01. The molecule has 17 heavy (non-hydrogen) atoms. The Morgan fingerprint density at radius 3 is 2.71 bits per heavy atom. The largest absolute Gasteiger partial charge is 0.384 e. The minimum absolute atomic E-state index is 0.251. The van der Waals surface area contributed by atoms with Crippen LogP contribution >= 0.6 is 0 Å². The van der Waals surface area contributed by atoms with E-state index in [1.807, 2.05) is 30.3 Å². The Kier molecular flexibility index (Phi) is 3.74. The van der Waals surface area contributed by atoms with Gasteiger partial charge < -0.3 is 9.84 Å². The molecule has 0 aliphatic heterocycles. The number of rotatable bonds is 3. The number of aliphatic hydroxyl groups is 1. The fourth-order valence-corrected chi connectivity index (χ4v) is 2.07. The summed E-state index contributed by atoms with van der Waals surface area (Å²) in [6.45, 7) is 0.263. The number of alkyl halides is 2. The molecule has 1 saturated carbocycles. The predicted molar refractivity (Wildman–Crippen MR) is 59.8 cm³/mol. The minimum Gasteiger partial charge on any atom is -0.384 e. The molecule has 0 aromatic heterocycles. The molecule has 1 N–H and O–H groups in total. The van der Waals surface area contributed by atoms with E-state index in [2.05, 4.69) is 0 Å². The van der Waals surface area contributed by atoms with Crippen LogP contribution in [0.5, 0.6) is 0 Å². The monoisotopic (exact) mass is 242 g/mol. The Balaban J connectivity index is 1.91. The predicted octanol–water partition coefficient (Wildman–Crippen LogP) is 2.75. The first-order valence-corrected chi connectivity index (χ1v) is 5.81. The molecule has 2 unspecified atom stereocenters. The number of ether oxygens (including phenoxy) is 1. The third-order valence-corrected chi connectivity index (χ3v) is 3.09. The van der Waals surface area contributed by atoms with Crippen molar-refractivity contribution in [2.24, 2.45) is 0 Å². The van der Waals surface area contributed by atoms with Gasteiger partial charge in [0.05, 0.1) is 12.7 Å². The van der Waals surface area contributed by atoms with Crippen LogP contribution in [0.25, 0.3) is 0 Å². The molecule has 0 spiro atoms. The zero-order chi connectivity index (χ0) is 12.3. The number of halogens is 2. The molecular weight excluding hydrogens is 226 g/mol. The highest BCUT2D eigenvalue weighted by molar-refractivity contribution is 5.13. The maximum atomic E-state index is 13.2. The summed E-state index contributed by atoms with van der Waals surface area (Å²) in [7, 11) is 0. The SMILES string of the molecule is OC1C(OCc2ccccc2)CCCC1(F)F. The molecule has 2 atom stereocenters. The van der Waals surface area contributed by atoms with Crippen molar-refractivity contribution in [2.75, 3.05) is 0 Å². The van der Waals surface area contributed by atoms with Crippen molar-refractivity contribution in [3.63, 3.8) is 0 Å². The molecule has 0 bridgehead atoms. The van der Waals surface area contributed by atoms with Gasteiger partial charge in [0.25, 0.3) is 5.92 Å². The molecule has 1 fully saturated rings. The average Bonchev–Trinajstić information content (AvgIpc) is 2.32. The van der Waals surface area contributed by atoms with Crippen LogP contribution < -0.4 is 0 Å². The Bertz CT molecular complexity index is 354. The number of aliphatic hydroxyl groups excluding tert-OH is 1. The van der Waals surface area contributed by atoms with Gasteiger partial charge in [-0.1, -0.05) is 30.3 Å². The standard InChI is InChI=1S/C13H16F2O2/c14-13(15)8-4-7-11(12(13)16)17-9-10-5-2-1-3-6-10/h1-3,5-6,11-12,16H,4,7-9H2. The molecular formula is C13H16F2O2. The van der Waals surface area contributed by atoms with Gasteiger partial charge in [0, 0.05) is 6.42 Å². The van der Waals surface area contributed by atoms with Crippen LogP contribution in [0.4, 0.5) is 8.78 Å². The lowest BCUT2D eigenvalue weighted by molar-refractivity contribution is -0.191. The fraction of sp³-hybridized carbons (Fsp3) is 0.538. The quantitative estimate of drug-likeness (QED) is 0.883. The van der Waals surface area contributed by atoms with Crippen LogP contribution in [-0.2, 0) is 11.3 Å².